The molecule has 0 amide bonds. The maximum atomic E-state index is 10.4. The van der Waals surface area contributed by atoms with Gasteiger partial charge in [-0.15, -0.1) is 0 Å². The number of methoxy groups -OCH3 is 2. The van der Waals surface area contributed by atoms with Crippen LogP contribution in [0.5, 0.6) is 23.1 Å². The molecule has 6 heteroatoms. The molecular weight excluding hydrogens is 320 g/mol. The van der Waals surface area contributed by atoms with Gasteiger partial charge in [-0.25, -0.2) is 4.98 Å². The van der Waals surface area contributed by atoms with Crippen molar-refractivity contribution < 1.29 is 19.7 Å². The van der Waals surface area contributed by atoms with Crippen LogP contribution in [0.2, 0.25) is 0 Å². The van der Waals surface area contributed by atoms with Gasteiger partial charge in [-0.2, -0.15) is 0 Å². The van der Waals surface area contributed by atoms with E-state index in [1.54, 1.807) is 45.5 Å². The van der Waals surface area contributed by atoms with Crippen molar-refractivity contribution in [1.82, 2.24) is 9.97 Å². The first-order valence-corrected chi connectivity index (χ1v) is 7.71. The highest BCUT2D eigenvalue weighted by atomic mass is 16.5. The summed E-state index contributed by atoms with van der Waals surface area (Å²) in [6, 6.07) is 7.06. The SMILES string of the molecule is COc1cc2ncc3c(O)nc4c(C)c(O)ccc4c3c2cc1OC. The molecule has 126 valence electrons. The maximum Gasteiger partial charge on any atom is 0.221 e. The van der Waals surface area contributed by atoms with E-state index in [9.17, 15) is 10.2 Å². The molecule has 4 rings (SSSR count). The van der Waals surface area contributed by atoms with E-state index in [2.05, 4.69) is 9.97 Å². The highest BCUT2D eigenvalue weighted by Gasteiger charge is 2.16. The van der Waals surface area contributed by atoms with Gasteiger partial charge in [-0.1, -0.05) is 0 Å². The van der Waals surface area contributed by atoms with Gasteiger partial charge in [0.15, 0.2) is 11.5 Å². The maximum absolute atomic E-state index is 10.4. The lowest BCUT2D eigenvalue weighted by Crippen LogP contribution is -1.94. The van der Waals surface area contributed by atoms with Crippen molar-refractivity contribution in [3.8, 4) is 23.1 Å². The third-order valence-corrected chi connectivity index (χ3v) is 4.50. The summed E-state index contributed by atoms with van der Waals surface area (Å²) in [5, 5.41) is 23.3. The van der Waals surface area contributed by atoms with E-state index in [0.29, 0.717) is 33.5 Å². The van der Waals surface area contributed by atoms with Crippen molar-refractivity contribution in [2.24, 2.45) is 0 Å². The molecule has 0 atom stereocenters. The van der Waals surface area contributed by atoms with Crippen molar-refractivity contribution in [2.45, 2.75) is 6.92 Å². The number of phenols is 1. The average molecular weight is 336 g/mol. The first-order chi connectivity index (χ1) is 12.0. The van der Waals surface area contributed by atoms with E-state index < -0.39 is 0 Å². The molecular formula is C19H16N2O4. The van der Waals surface area contributed by atoms with Crippen molar-refractivity contribution in [2.75, 3.05) is 14.2 Å². The number of fused-ring (bicyclic) bond motifs is 5. The van der Waals surface area contributed by atoms with Gasteiger partial charge in [0.05, 0.1) is 30.6 Å². The van der Waals surface area contributed by atoms with Crippen LogP contribution in [0.25, 0.3) is 32.6 Å². The van der Waals surface area contributed by atoms with Gasteiger partial charge in [0.1, 0.15) is 5.75 Å². The van der Waals surface area contributed by atoms with E-state index in [-0.39, 0.29) is 11.6 Å². The summed E-state index contributed by atoms with van der Waals surface area (Å²) in [5.41, 5.74) is 1.87. The van der Waals surface area contributed by atoms with Crippen LogP contribution >= 0.6 is 0 Å². The number of aromatic nitrogens is 2. The number of hydrogen-bond donors (Lipinski definition) is 2. The zero-order valence-corrected chi connectivity index (χ0v) is 14.0. The number of nitrogens with zero attached hydrogens (tertiary/aromatic N) is 2. The first-order valence-electron chi connectivity index (χ1n) is 7.71. The van der Waals surface area contributed by atoms with E-state index in [4.69, 9.17) is 9.47 Å². The van der Waals surface area contributed by atoms with Crippen LogP contribution in [0.15, 0.2) is 30.5 Å². The van der Waals surface area contributed by atoms with Gasteiger partial charge >= 0.3 is 0 Å². The van der Waals surface area contributed by atoms with Gasteiger partial charge in [0, 0.05) is 34.0 Å². The fraction of sp³-hybridized carbons (Fsp3) is 0.158. The van der Waals surface area contributed by atoms with E-state index in [1.807, 2.05) is 6.07 Å². The Morgan fingerprint density at radius 2 is 1.64 bits per heavy atom. The van der Waals surface area contributed by atoms with Crippen LogP contribution in [-0.4, -0.2) is 34.4 Å². The Bertz CT molecular complexity index is 1160. The van der Waals surface area contributed by atoms with Crippen molar-refractivity contribution in [1.29, 1.82) is 0 Å². The van der Waals surface area contributed by atoms with Gasteiger partial charge in [0.25, 0.3) is 0 Å². The summed E-state index contributed by atoms with van der Waals surface area (Å²) in [7, 11) is 3.14. The normalized spacial score (nSPS) is 11.3. The standard InChI is InChI=1S/C19H16N2O4/c1-9-14(22)5-4-10-17-11-6-15(24-2)16(25-3)7-13(11)20-8-12(17)19(23)21-18(9)10/h4-8,22H,1-3H3,(H,21,23). The van der Waals surface area contributed by atoms with Crippen LogP contribution in [0.1, 0.15) is 5.56 Å². The fourth-order valence-electron chi connectivity index (χ4n) is 3.18. The minimum Gasteiger partial charge on any atom is -0.508 e. The molecule has 0 radical (unpaired) electrons. The van der Waals surface area contributed by atoms with Crippen molar-refractivity contribution >= 4 is 32.6 Å². The molecule has 2 aromatic carbocycles. The molecule has 2 heterocycles. The van der Waals surface area contributed by atoms with Gasteiger partial charge in [-0.3, -0.25) is 4.98 Å². The summed E-state index contributed by atoms with van der Waals surface area (Å²) in [5.74, 6) is 1.17. The molecule has 0 aliphatic rings. The highest BCUT2D eigenvalue weighted by molar-refractivity contribution is 6.20. The Balaban J connectivity index is 2.28. The third kappa shape index (κ3) is 2.11. The van der Waals surface area contributed by atoms with E-state index in [1.165, 1.54) is 0 Å². The predicted octanol–water partition coefficient (Wildman–Crippen LogP) is 3.67. The zero-order chi connectivity index (χ0) is 17.7. The van der Waals surface area contributed by atoms with Crippen LogP contribution in [0.4, 0.5) is 0 Å². The topological polar surface area (TPSA) is 84.7 Å². The lowest BCUT2D eigenvalue weighted by Gasteiger charge is -2.13. The number of benzene rings is 2. The molecule has 0 bridgehead atoms. The van der Waals surface area contributed by atoms with Crippen molar-refractivity contribution in [3.63, 3.8) is 0 Å². The summed E-state index contributed by atoms with van der Waals surface area (Å²) < 4.78 is 10.8. The Labute approximate surface area is 143 Å². The molecule has 25 heavy (non-hydrogen) atoms. The van der Waals surface area contributed by atoms with Gasteiger partial charge in [-0.05, 0) is 25.1 Å². The second-order valence-corrected chi connectivity index (χ2v) is 5.81. The molecule has 0 spiro atoms. The van der Waals surface area contributed by atoms with Gasteiger partial charge in [0.2, 0.25) is 5.88 Å². The number of ether oxygens (including phenoxy) is 2. The monoisotopic (exact) mass is 336 g/mol. The van der Waals surface area contributed by atoms with Crippen LogP contribution in [0.3, 0.4) is 0 Å². The number of aryl methyl sites for hydroxylation is 1. The summed E-state index contributed by atoms with van der Waals surface area (Å²) in [6.45, 7) is 1.77. The zero-order valence-electron chi connectivity index (χ0n) is 14.0. The van der Waals surface area contributed by atoms with Gasteiger partial charge < -0.3 is 19.7 Å². The largest absolute Gasteiger partial charge is 0.508 e. The number of pyridine rings is 2. The molecule has 6 nitrogen and oxygen atoms in total. The second kappa shape index (κ2) is 5.37. The molecule has 0 aliphatic heterocycles. The second-order valence-electron chi connectivity index (χ2n) is 5.81. The molecule has 2 N–H and O–H groups in total. The number of rotatable bonds is 2. The lowest BCUT2D eigenvalue weighted by atomic mass is 10.00. The Morgan fingerprint density at radius 1 is 0.920 bits per heavy atom. The highest BCUT2D eigenvalue weighted by Crippen LogP contribution is 2.40. The summed E-state index contributed by atoms with van der Waals surface area (Å²) in [6.07, 6.45) is 1.59. The minimum absolute atomic E-state index is 0.125. The molecule has 2 aromatic heterocycles. The third-order valence-electron chi connectivity index (χ3n) is 4.50. The Hall–Kier alpha value is -3.28. The summed E-state index contributed by atoms with van der Waals surface area (Å²) >= 11 is 0. The van der Waals surface area contributed by atoms with E-state index >= 15 is 0 Å². The number of phenolic OH excluding ortho intramolecular Hbond substituents is 1. The van der Waals surface area contributed by atoms with Crippen LogP contribution < -0.4 is 9.47 Å². The quantitative estimate of drug-likeness (QED) is 0.543. The molecule has 0 saturated carbocycles. The van der Waals surface area contributed by atoms with Crippen LogP contribution in [0, 0.1) is 6.92 Å². The molecule has 0 saturated heterocycles. The average Bonchev–Trinajstić information content (AvgIpc) is 2.63. The first kappa shape index (κ1) is 15.3. The number of aromatic hydroxyl groups is 2. The van der Waals surface area contributed by atoms with E-state index in [0.717, 1.165) is 16.2 Å². The van der Waals surface area contributed by atoms with Crippen LogP contribution in [-0.2, 0) is 0 Å². The summed E-state index contributed by atoms with van der Waals surface area (Å²) in [4.78, 5) is 8.66. The molecule has 0 fully saturated rings. The number of hydrogen-bond acceptors (Lipinski definition) is 6. The molecule has 0 unspecified atom stereocenters. The predicted molar refractivity (Wildman–Crippen MR) is 95.7 cm³/mol. The van der Waals surface area contributed by atoms with Crippen molar-refractivity contribution in [3.05, 3.63) is 36.0 Å². The molecule has 0 aliphatic carbocycles. The lowest BCUT2D eigenvalue weighted by molar-refractivity contribution is 0.356. The Morgan fingerprint density at radius 3 is 2.36 bits per heavy atom. The Kier molecular flexibility index (Phi) is 3.28. The fourth-order valence-corrected chi connectivity index (χ4v) is 3.18. The minimum atomic E-state index is -0.125. The molecule has 4 aromatic rings. The smallest absolute Gasteiger partial charge is 0.221 e.